The van der Waals surface area contributed by atoms with Crippen LogP contribution in [0.2, 0.25) is 0 Å². The first kappa shape index (κ1) is 11.3. The molecule has 0 amide bonds. The fourth-order valence-electron chi connectivity index (χ4n) is 0.272. The number of nitrogens with two attached hydrogens (primary N) is 1. The van der Waals surface area contributed by atoms with E-state index in [0.29, 0.717) is 0 Å². The normalized spacial score (nSPS) is 9.44. The summed E-state index contributed by atoms with van der Waals surface area (Å²) in [5.74, 6) is 0. The van der Waals surface area contributed by atoms with Gasteiger partial charge in [0, 0.05) is 6.54 Å². The SMILES string of the molecule is CC.CN(C)C/C=C/N. The van der Waals surface area contributed by atoms with Crippen LogP contribution in [-0.2, 0) is 0 Å². The molecule has 0 atom stereocenters. The van der Waals surface area contributed by atoms with E-state index in [2.05, 4.69) is 0 Å². The number of rotatable bonds is 2. The summed E-state index contributed by atoms with van der Waals surface area (Å²) in [6.45, 7) is 4.93. The van der Waals surface area contributed by atoms with E-state index in [4.69, 9.17) is 5.73 Å². The molecule has 0 aromatic carbocycles. The molecule has 2 N–H and O–H groups in total. The Morgan fingerprint density at radius 2 is 1.78 bits per heavy atom. The van der Waals surface area contributed by atoms with Crippen LogP contribution < -0.4 is 5.73 Å². The minimum absolute atomic E-state index is 0.927. The first-order valence-corrected chi connectivity index (χ1v) is 3.29. The molecule has 0 aliphatic carbocycles. The lowest BCUT2D eigenvalue weighted by Gasteiger charge is -2.01. The van der Waals surface area contributed by atoms with Crippen molar-refractivity contribution in [3.8, 4) is 0 Å². The van der Waals surface area contributed by atoms with Gasteiger partial charge in [-0.3, -0.25) is 0 Å². The third-order valence-corrected chi connectivity index (χ3v) is 0.607. The molecule has 0 radical (unpaired) electrons. The van der Waals surface area contributed by atoms with Gasteiger partial charge in [0.1, 0.15) is 0 Å². The van der Waals surface area contributed by atoms with Crippen molar-refractivity contribution in [2.45, 2.75) is 13.8 Å². The van der Waals surface area contributed by atoms with Crippen LogP contribution in [0.3, 0.4) is 0 Å². The lowest BCUT2D eigenvalue weighted by atomic mass is 10.6. The average molecular weight is 130 g/mol. The fourth-order valence-corrected chi connectivity index (χ4v) is 0.272. The molecular weight excluding hydrogens is 112 g/mol. The van der Waals surface area contributed by atoms with E-state index in [0.717, 1.165) is 6.54 Å². The van der Waals surface area contributed by atoms with Crippen LogP contribution in [0.5, 0.6) is 0 Å². The van der Waals surface area contributed by atoms with E-state index < -0.39 is 0 Å². The van der Waals surface area contributed by atoms with Crippen molar-refractivity contribution in [1.29, 1.82) is 0 Å². The summed E-state index contributed by atoms with van der Waals surface area (Å²) in [4.78, 5) is 2.04. The summed E-state index contributed by atoms with van der Waals surface area (Å²) < 4.78 is 0. The molecule has 0 bridgehead atoms. The second kappa shape index (κ2) is 10.5. The highest BCUT2D eigenvalue weighted by Gasteiger charge is 1.77. The maximum absolute atomic E-state index is 5.07. The lowest BCUT2D eigenvalue weighted by Crippen LogP contribution is -2.10. The average Bonchev–Trinajstić information content (AvgIpc) is 1.88. The minimum atomic E-state index is 0.927. The van der Waals surface area contributed by atoms with Crippen molar-refractivity contribution < 1.29 is 0 Å². The molecule has 0 saturated heterocycles. The Morgan fingerprint density at radius 3 is 1.89 bits per heavy atom. The Kier molecular flexibility index (Phi) is 13.2. The molecule has 0 spiro atoms. The largest absolute Gasteiger partial charge is 0.405 e. The maximum Gasteiger partial charge on any atom is 0.0174 e. The zero-order valence-corrected chi connectivity index (χ0v) is 6.89. The topological polar surface area (TPSA) is 29.3 Å². The van der Waals surface area contributed by atoms with Gasteiger partial charge in [0.25, 0.3) is 0 Å². The summed E-state index contributed by atoms with van der Waals surface area (Å²) >= 11 is 0. The van der Waals surface area contributed by atoms with E-state index in [9.17, 15) is 0 Å². The summed E-state index contributed by atoms with van der Waals surface area (Å²) in [5, 5.41) is 0. The highest BCUT2D eigenvalue weighted by Crippen LogP contribution is 1.71. The van der Waals surface area contributed by atoms with Gasteiger partial charge in [0.2, 0.25) is 0 Å². The molecule has 0 saturated carbocycles. The Morgan fingerprint density at radius 1 is 1.33 bits per heavy atom. The van der Waals surface area contributed by atoms with E-state index in [1.165, 1.54) is 0 Å². The van der Waals surface area contributed by atoms with Gasteiger partial charge in [-0.25, -0.2) is 0 Å². The second-order valence-electron chi connectivity index (χ2n) is 1.69. The van der Waals surface area contributed by atoms with Crippen LogP contribution in [0.25, 0.3) is 0 Å². The molecule has 0 aromatic rings. The molecule has 56 valence electrons. The molecule has 0 aromatic heterocycles. The highest BCUT2D eigenvalue weighted by molar-refractivity contribution is 4.77. The predicted molar refractivity (Wildman–Crippen MR) is 43.2 cm³/mol. The molecule has 0 unspecified atom stereocenters. The maximum atomic E-state index is 5.07. The van der Waals surface area contributed by atoms with E-state index >= 15 is 0 Å². The van der Waals surface area contributed by atoms with Crippen LogP contribution in [0.4, 0.5) is 0 Å². The molecule has 2 heteroatoms. The molecule has 0 aliphatic heterocycles. The zero-order valence-electron chi connectivity index (χ0n) is 6.89. The second-order valence-corrected chi connectivity index (χ2v) is 1.69. The van der Waals surface area contributed by atoms with Crippen LogP contribution >= 0.6 is 0 Å². The molecule has 0 fully saturated rings. The molecule has 0 aliphatic rings. The predicted octanol–water partition coefficient (Wildman–Crippen LogP) is 1.05. The van der Waals surface area contributed by atoms with Crippen molar-refractivity contribution in [1.82, 2.24) is 4.90 Å². The van der Waals surface area contributed by atoms with E-state index in [1.54, 1.807) is 6.20 Å². The number of likely N-dealkylation sites (N-methyl/N-ethyl adjacent to an activating group) is 1. The standard InChI is InChI=1S/C5H12N2.C2H6/c1-7(2)5-3-4-6;1-2/h3-4H,5-6H2,1-2H3;1-2H3/b4-3+;. The quantitative estimate of drug-likeness (QED) is 0.605. The third kappa shape index (κ3) is 18.5. The molecule has 9 heavy (non-hydrogen) atoms. The lowest BCUT2D eigenvalue weighted by molar-refractivity contribution is 0.456. The Hall–Kier alpha value is -0.500. The van der Waals surface area contributed by atoms with Gasteiger partial charge in [0.05, 0.1) is 0 Å². The van der Waals surface area contributed by atoms with Crippen molar-refractivity contribution in [3.05, 3.63) is 12.3 Å². The summed E-state index contributed by atoms with van der Waals surface area (Å²) in [5.41, 5.74) is 5.07. The number of hydrogen-bond acceptors (Lipinski definition) is 2. The van der Waals surface area contributed by atoms with E-state index in [1.807, 2.05) is 38.9 Å². The Balaban J connectivity index is 0. The third-order valence-electron chi connectivity index (χ3n) is 0.607. The van der Waals surface area contributed by atoms with Gasteiger partial charge in [-0.05, 0) is 20.3 Å². The number of hydrogen-bond donors (Lipinski definition) is 1. The molecule has 0 heterocycles. The Labute approximate surface area is 58.3 Å². The van der Waals surface area contributed by atoms with Crippen LogP contribution in [0.15, 0.2) is 12.3 Å². The van der Waals surface area contributed by atoms with Crippen molar-refractivity contribution in [2.24, 2.45) is 5.73 Å². The van der Waals surface area contributed by atoms with Gasteiger partial charge in [-0.1, -0.05) is 19.9 Å². The Bertz CT molecular complexity index is 57.9. The van der Waals surface area contributed by atoms with Gasteiger partial charge in [-0.15, -0.1) is 0 Å². The van der Waals surface area contributed by atoms with Crippen LogP contribution in [-0.4, -0.2) is 25.5 Å². The molecular formula is C7H18N2. The molecule has 2 nitrogen and oxygen atoms in total. The first-order valence-electron chi connectivity index (χ1n) is 3.29. The summed E-state index contributed by atoms with van der Waals surface area (Å²) in [7, 11) is 4.00. The van der Waals surface area contributed by atoms with E-state index in [-0.39, 0.29) is 0 Å². The smallest absolute Gasteiger partial charge is 0.0174 e. The highest BCUT2D eigenvalue weighted by atomic mass is 15.0. The molecule has 0 rings (SSSR count). The van der Waals surface area contributed by atoms with Crippen LogP contribution in [0, 0.1) is 0 Å². The van der Waals surface area contributed by atoms with Crippen molar-refractivity contribution >= 4 is 0 Å². The minimum Gasteiger partial charge on any atom is -0.405 e. The van der Waals surface area contributed by atoms with Gasteiger partial charge >= 0.3 is 0 Å². The number of nitrogens with zero attached hydrogens (tertiary/aromatic N) is 1. The monoisotopic (exact) mass is 130 g/mol. The van der Waals surface area contributed by atoms with Gasteiger partial charge < -0.3 is 10.6 Å². The fraction of sp³-hybridized carbons (Fsp3) is 0.714. The summed E-state index contributed by atoms with van der Waals surface area (Å²) in [6, 6.07) is 0. The van der Waals surface area contributed by atoms with Crippen LogP contribution in [0.1, 0.15) is 13.8 Å². The van der Waals surface area contributed by atoms with Crippen molar-refractivity contribution in [2.75, 3.05) is 20.6 Å². The van der Waals surface area contributed by atoms with Gasteiger partial charge in [0.15, 0.2) is 0 Å². The van der Waals surface area contributed by atoms with Gasteiger partial charge in [-0.2, -0.15) is 0 Å². The van der Waals surface area contributed by atoms with Crippen molar-refractivity contribution in [3.63, 3.8) is 0 Å². The first-order chi connectivity index (χ1) is 4.27. The summed E-state index contributed by atoms with van der Waals surface area (Å²) in [6.07, 6.45) is 3.46. The zero-order chi connectivity index (χ0) is 7.70.